The van der Waals surface area contributed by atoms with Gasteiger partial charge in [-0.15, -0.1) is 83.0 Å². The normalized spacial score (nSPS) is 10.9. The zero-order valence-corrected chi connectivity index (χ0v) is 70.7. The van der Waals surface area contributed by atoms with Crippen molar-refractivity contribution in [2.24, 2.45) is 0 Å². The largest absolute Gasteiger partial charge is 3.00 e. The summed E-state index contributed by atoms with van der Waals surface area (Å²) in [6.07, 6.45) is 14.7. The number of aromatic carboxylic acids is 1. The number of hydrogen-bond donors (Lipinski definition) is 2. The van der Waals surface area contributed by atoms with Gasteiger partial charge in [0.2, 0.25) is 0 Å². The van der Waals surface area contributed by atoms with Crippen molar-refractivity contribution < 1.29 is 142 Å². The number of allylic oxidation sites excluding steroid dienone is 2. The van der Waals surface area contributed by atoms with E-state index in [9.17, 15) is 31.5 Å². The molecule has 0 fully saturated rings. The predicted octanol–water partition coefficient (Wildman–Crippen LogP) is 18.7. The average Bonchev–Trinajstić information content (AvgIpc) is 1.61. The van der Waals surface area contributed by atoms with Gasteiger partial charge in [-0.05, 0) is 130 Å². The number of hydrogen-bond acceptors (Lipinski definition) is 14. The number of halogens is 5. The van der Waals surface area contributed by atoms with Crippen LogP contribution in [-0.2, 0) is 105 Å². The van der Waals surface area contributed by atoms with Crippen LogP contribution in [0.2, 0.25) is 0 Å². The quantitative estimate of drug-likeness (QED) is 0.0633. The number of carboxylic acids is 1. The molecule has 7 aromatic heterocycles. The number of aromatic nitrogens is 7. The van der Waals surface area contributed by atoms with E-state index in [2.05, 4.69) is 142 Å². The van der Waals surface area contributed by atoms with Crippen molar-refractivity contribution in [2.75, 3.05) is 28.8 Å². The minimum Gasteiger partial charge on any atom is -0.574 e. The molecule has 27 heteroatoms. The number of ketones is 1. The first kappa shape index (κ1) is 92.5. The number of benzene rings is 6. The van der Waals surface area contributed by atoms with Crippen LogP contribution in [0.4, 0.5) is 50.4 Å². The van der Waals surface area contributed by atoms with E-state index in [0.29, 0.717) is 11.4 Å². The molecule has 6 aromatic carbocycles. The molecular formula is C81H63F5Ir5N12O4S-5. The Labute approximate surface area is 695 Å². The third-order valence-corrected chi connectivity index (χ3v) is 14.9. The summed E-state index contributed by atoms with van der Waals surface area (Å²) in [6.45, 7) is 17.3. The zero-order valence-electron chi connectivity index (χ0n) is 57.9. The Morgan fingerprint density at radius 3 is 1.68 bits per heavy atom. The number of para-hydroxylation sites is 3. The smallest absolute Gasteiger partial charge is 0.574 e. The van der Waals surface area contributed by atoms with Crippen LogP contribution in [-0.4, -0.2) is 71.0 Å². The molecule has 16 nitrogen and oxygen atoms in total. The van der Waals surface area contributed by atoms with Crippen molar-refractivity contribution in [3.63, 3.8) is 0 Å². The minimum atomic E-state index is -0.990. The summed E-state index contributed by atoms with van der Waals surface area (Å²) in [5.74, 6) is -4.42. The van der Waals surface area contributed by atoms with Crippen LogP contribution in [0.5, 0.6) is 0 Å². The molecule has 0 unspecified atom stereocenters. The van der Waals surface area contributed by atoms with Crippen LogP contribution >= 0.6 is 11.3 Å². The van der Waals surface area contributed by atoms with Gasteiger partial charge in [0.1, 0.15) is 5.69 Å². The standard InChI is InChI=1S/C14H12N2.C13H7F2N2.C13H8NS.C12H8F2N.C10H9FN2.C8H6N3.C6H5NO2.C5H8O2.5Ir/c1-15-11-16(12-7-3-2-4-8-12)14-10-6-5-9-13(14)15;1-8-5-6-17-11(7-8)9-3-4-10(14)13(16-2)12(9)15;1-2-7-12-10(5-1)9-13(15-12)11-6-3-4-8-14-11;1-8-4-5-15-12(6-8)10-3-2-9(13)7-11(10)14;1-12-6-7-13(8-12)10-4-2-9(11)3-5-10;1-2-5-9-7(3-1)8-4-6-10-11-8;8-6(9)5-3-1-2-4-7-5;1-4(6)3-5(2)7;;;;;/h2-7,9-11H,1H3;4-7H,1H3;1-8H;2,4-7H,1H3;2-4,6-8H,1H3;1-6H;1-4H,(H,8,9);3,6H,1-2H3;;;;;/q-2;3*-1;-2;-1;;;;;;;+3. The van der Waals surface area contributed by atoms with Gasteiger partial charge in [-0.25, -0.2) is 21.1 Å². The summed E-state index contributed by atoms with van der Waals surface area (Å²) in [4.78, 5) is 52.2. The van der Waals surface area contributed by atoms with Gasteiger partial charge in [-0.3, -0.25) is 36.6 Å². The Bertz CT molecular complexity index is 4950. The summed E-state index contributed by atoms with van der Waals surface area (Å²) < 4.78 is 66.8. The first-order valence-corrected chi connectivity index (χ1v) is 31.9. The van der Waals surface area contributed by atoms with Crippen LogP contribution in [0.1, 0.15) is 35.5 Å². The van der Waals surface area contributed by atoms with Crippen LogP contribution in [0.25, 0.3) is 59.4 Å². The van der Waals surface area contributed by atoms with Crippen LogP contribution in [0.3, 0.4) is 0 Å². The second-order valence-corrected chi connectivity index (χ2v) is 22.8. The van der Waals surface area contributed by atoms with Gasteiger partial charge in [0.25, 0.3) is 0 Å². The van der Waals surface area contributed by atoms with Crippen molar-refractivity contribution in [1.29, 1.82) is 0 Å². The first-order chi connectivity index (χ1) is 49.7. The molecule has 0 atom stereocenters. The fourth-order valence-corrected chi connectivity index (χ4v) is 10.1. The summed E-state index contributed by atoms with van der Waals surface area (Å²) in [5.41, 5.74) is 9.36. The Hall–Kier alpha value is -9.75. The Morgan fingerprint density at radius 1 is 0.574 bits per heavy atom. The maximum absolute atomic E-state index is 13.8. The van der Waals surface area contributed by atoms with Crippen molar-refractivity contribution in [2.45, 2.75) is 27.7 Å². The molecule has 0 amide bonds. The zero-order chi connectivity index (χ0) is 73.6. The number of fused-ring (bicyclic) bond motifs is 2. The van der Waals surface area contributed by atoms with Gasteiger partial charge in [0.15, 0.2) is 11.5 Å². The van der Waals surface area contributed by atoms with E-state index in [1.54, 1.807) is 66.3 Å². The molecule has 108 heavy (non-hydrogen) atoms. The number of aryl methyl sites for hydroxylation is 2. The molecule has 0 spiro atoms. The maximum atomic E-state index is 13.8. The van der Waals surface area contributed by atoms with Crippen molar-refractivity contribution in [3.05, 3.63) is 357 Å². The summed E-state index contributed by atoms with van der Waals surface area (Å²) in [7, 11) is 3.99. The number of anilines is 4. The van der Waals surface area contributed by atoms with E-state index >= 15 is 0 Å². The number of carbonyl (C=O) groups is 2. The van der Waals surface area contributed by atoms with Crippen molar-refractivity contribution in [1.82, 2.24) is 40.0 Å². The number of nitrogens with zero attached hydrogens (tertiary/aromatic N) is 12. The van der Waals surface area contributed by atoms with Crippen molar-refractivity contribution in [3.8, 4) is 44.5 Å². The monoisotopic (exact) mass is 2360 g/mol. The number of thiophene rings is 1. The first-order valence-electron chi connectivity index (χ1n) is 31.1. The summed E-state index contributed by atoms with van der Waals surface area (Å²) in [6, 6.07) is 71.6. The summed E-state index contributed by atoms with van der Waals surface area (Å²) in [5, 5.41) is 25.4. The molecule has 2 N–H and O–H groups in total. The molecule has 13 aromatic rings. The molecule has 2 aliphatic rings. The number of carboxylic acid groups (broad SMARTS) is 1. The molecule has 562 valence electrons. The van der Waals surface area contributed by atoms with Gasteiger partial charge in [-0.2, -0.15) is 49.7 Å². The molecule has 9 heterocycles. The predicted molar refractivity (Wildman–Crippen MR) is 391 cm³/mol. The van der Waals surface area contributed by atoms with Gasteiger partial charge < -0.3 is 55.0 Å². The van der Waals surface area contributed by atoms with E-state index < -0.39 is 34.9 Å². The number of pyridine rings is 5. The third-order valence-electron chi connectivity index (χ3n) is 13.8. The number of carbonyl (C=O) groups excluding carboxylic acids is 1. The minimum absolute atomic E-state index is 0. The Balaban J connectivity index is 0.000000322. The van der Waals surface area contributed by atoms with Gasteiger partial charge in [0, 0.05) is 176 Å². The Kier molecular flexibility index (Phi) is 40.9. The SMILES string of the molecule is CC(=O)C=C(C)O.CN1C=CN(c2[c-]cc(F)cc2)[CH-]1.CN1[CH-]N(c2[c-]cccc2)c2ccccc21.Cc1ccnc(-c2[c-]cc(F)cc2F)c1.O=C(O)c1ccccn1.[C-]#[N+]c1c(F)c[c-]c(-c2cc(C)ccn2)c1F.[Ir+3].[Ir].[Ir].[Ir].[Ir].[c-]1c(-c2ccccn2)sc2ccccc12.c1ccc(-c2ccn[n-]2)nc1. The van der Waals surface area contributed by atoms with Gasteiger partial charge >= 0.3 is 26.1 Å². The third kappa shape index (κ3) is 28.8. The van der Waals surface area contributed by atoms with E-state index in [4.69, 9.17) is 16.8 Å². The van der Waals surface area contributed by atoms with E-state index in [1.165, 1.54) is 72.0 Å². The fourth-order valence-electron chi connectivity index (χ4n) is 9.10. The van der Waals surface area contributed by atoms with E-state index in [1.807, 2.05) is 129 Å². The van der Waals surface area contributed by atoms with Crippen LogP contribution in [0.15, 0.2) is 256 Å². The molecule has 0 bridgehead atoms. The number of aliphatic hydroxyl groups excluding tert-OH is 1. The molecule has 0 saturated heterocycles. The second kappa shape index (κ2) is 47.8. The molecule has 15 rings (SSSR count). The molecule has 4 radical (unpaired) electrons. The molecular weight excluding hydrogens is 2290 g/mol. The topological polar surface area (TPSA) is 183 Å². The van der Waals surface area contributed by atoms with Gasteiger partial charge in [-0.1, -0.05) is 95.2 Å². The van der Waals surface area contributed by atoms with Crippen LogP contribution < -0.4 is 19.8 Å². The fraction of sp³-hybridized carbons (Fsp3) is 0.0741. The van der Waals surface area contributed by atoms with Gasteiger partial charge in [0.05, 0.1) is 12.3 Å². The molecule has 0 saturated carbocycles. The van der Waals surface area contributed by atoms with Crippen molar-refractivity contribution >= 4 is 61.6 Å². The van der Waals surface area contributed by atoms with Crippen LogP contribution in [0, 0.1) is 93.2 Å². The number of aliphatic hydroxyl groups is 1. The van der Waals surface area contributed by atoms with E-state index in [-0.39, 0.29) is 135 Å². The summed E-state index contributed by atoms with van der Waals surface area (Å²) >= 11 is 1.73. The molecule has 2 aliphatic heterocycles. The second-order valence-electron chi connectivity index (χ2n) is 21.8. The Morgan fingerprint density at radius 2 is 1.17 bits per heavy atom. The average molecular weight is 2360 g/mol. The van der Waals surface area contributed by atoms with E-state index in [0.717, 1.165) is 62.7 Å². The maximum Gasteiger partial charge on any atom is 3.00 e. The number of rotatable bonds is 8. The molecule has 0 aliphatic carbocycles.